The van der Waals surface area contributed by atoms with Crippen LogP contribution in [0.25, 0.3) is 0 Å². The molecule has 0 saturated heterocycles. The van der Waals surface area contributed by atoms with E-state index in [4.69, 9.17) is 4.74 Å². The Labute approximate surface area is 201 Å². The molecule has 1 aliphatic heterocycles. The van der Waals surface area contributed by atoms with Crippen molar-refractivity contribution in [3.05, 3.63) is 57.8 Å². The zero-order valence-corrected chi connectivity index (χ0v) is 20.5. The molecule has 0 spiro atoms. The van der Waals surface area contributed by atoms with Gasteiger partial charge in [0.15, 0.2) is 0 Å². The van der Waals surface area contributed by atoms with Crippen LogP contribution in [0.15, 0.2) is 41.8 Å². The van der Waals surface area contributed by atoms with Crippen LogP contribution in [0.3, 0.4) is 0 Å². The lowest BCUT2D eigenvalue weighted by Crippen LogP contribution is -2.47. The van der Waals surface area contributed by atoms with Gasteiger partial charge in [0.1, 0.15) is 0 Å². The molecule has 2 aliphatic rings. The van der Waals surface area contributed by atoms with Crippen LogP contribution in [0, 0.1) is 5.92 Å². The van der Waals surface area contributed by atoms with Gasteiger partial charge in [-0.2, -0.15) is 0 Å². The molecule has 1 aromatic heterocycles. The molecule has 2 aromatic rings. The van der Waals surface area contributed by atoms with Gasteiger partial charge in [-0.1, -0.05) is 56.0 Å². The summed E-state index contributed by atoms with van der Waals surface area (Å²) in [5, 5.41) is 2.12. The van der Waals surface area contributed by atoms with E-state index >= 15 is 0 Å². The van der Waals surface area contributed by atoms with Gasteiger partial charge in [-0.05, 0) is 47.8 Å². The number of carbonyl (C=O) groups excluding carboxylic acids is 2. The first-order valence-electron chi connectivity index (χ1n) is 12.3. The predicted octanol–water partition coefficient (Wildman–Crippen LogP) is 5.06. The van der Waals surface area contributed by atoms with Crippen LogP contribution >= 0.6 is 11.3 Å². The summed E-state index contributed by atoms with van der Waals surface area (Å²) in [6.45, 7) is 2.00. The highest BCUT2D eigenvalue weighted by atomic mass is 32.1. The van der Waals surface area contributed by atoms with E-state index in [1.54, 1.807) is 23.3 Å². The number of methoxy groups -OCH3 is 1. The number of benzene rings is 1. The number of hydrogen-bond donors (Lipinski definition) is 0. The maximum absolute atomic E-state index is 13.6. The van der Waals surface area contributed by atoms with Crippen molar-refractivity contribution in [1.29, 1.82) is 0 Å². The summed E-state index contributed by atoms with van der Waals surface area (Å²) in [5.74, 6) is 0.815. The van der Waals surface area contributed by atoms with Crippen LogP contribution in [-0.2, 0) is 20.7 Å². The van der Waals surface area contributed by atoms with Crippen molar-refractivity contribution in [1.82, 2.24) is 9.80 Å². The summed E-state index contributed by atoms with van der Waals surface area (Å²) < 4.78 is 5.21. The quantitative estimate of drug-likeness (QED) is 0.458. The predicted molar refractivity (Wildman–Crippen MR) is 132 cm³/mol. The fourth-order valence-corrected chi connectivity index (χ4v) is 6.21. The van der Waals surface area contributed by atoms with Crippen molar-refractivity contribution < 1.29 is 14.3 Å². The Morgan fingerprint density at radius 2 is 1.94 bits per heavy atom. The number of hydrogen-bond acceptors (Lipinski definition) is 4. The molecular weight excluding hydrogens is 432 g/mol. The van der Waals surface area contributed by atoms with Crippen molar-refractivity contribution in [2.24, 2.45) is 5.92 Å². The Bertz CT molecular complexity index is 907. The Balaban J connectivity index is 1.47. The van der Waals surface area contributed by atoms with Gasteiger partial charge in [-0.3, -0.25) is 9.59 Å². The molecule has 1 aliphatic carbocycles. The molecule has 2 heterocycles. The number of fused-ring (bicyclic) bond motifs is 1. The molecule has 178 valence electrons. The highest BCUT2D eigenvalue weighted by Gasteiger charge is 2.34. The largest absolute Gasteiger partial charge is 0.385 e. The molecule has 33 heavy (non-hydrogen) atoms. The van der Waals surface area contributed by atoms with Crippen LogP contribution in [0.4, 0.5) is 0 Å². The first-order valence-corrected chi connectivity index (χ1v) is 13.2. The minimum absolute atomic E-state index is 0.0346. The molecule has 0 radical (unpaired) electrons. The SMILES string of the molecule is COCCCN(CC(=O)N1CCc2sccc2C1c1ccccc1)C(=O)CCC1CCCC1. The summed E-state index contributed by atoms with van der Waals surface area (Å²) >= 11 is 1.77. The van der Waals surface area contributed by atoms with E-state index in [1.807, 2.05) is 23.1 Å². The molecule has 1 saturated carbocycles. The summed E-state index contributed by atoms with van der Waals surface area (Å²) in [6, 6.07) is 12.3. The van der Waals surface area contributed by atoms with Crippen molar-refractivity contribution in [3.63, 3.8) is 0 Å². The lowest BCUT2D eigenvalue weighted by atomic mass is 9.93. The third kappa shape index (κ3) is 6.04. The lowest BCUT2D eigenvalue weighted by molar-refractivity contribution is -0.142. The zero-order valence-electron chi connectivity index (χ0n) is 19.7. The van der Waals surface area contributed by atoms with E-state index in [-0.39, 0.29) is 24.4 Å². The number of amides is 2. The molecule has 4 rings (SSSR count). The van der Waals surface area contributed by atoms with Gasteiger partial charge in [-0.15, -0.1) is 11.3 Å². The van der Waals surface area contributed by atoms with Crippen molar-refractivity contribution in [3.8, 4) is 0 Å². The van der Waals surface area contributed by atoms with E-state index in [9.17, 15) is 9.59 Å². The van der Waals surface area contributed by atoms with Gasteiger partial charge >= 0.3 is 0 Å². The zero-order chi connectivity index (χ0) is 23.0. The normalized spacial score (nSPS) is 18.3. The van der Waals surface area contributed by atoms with Crippen LogP contribution in [-0.4, -0.2) is 55.0 Å². The molecule has 1 atom stereocenters. The highest BCUT2D eigenvalue weighted by molar-refractivity contribution is 7.10. The number of ether oxygens (including phenoxy) is 1. The smallest absolute Gasteiger partial charge is 0.242 e. The summed E-state index contributed by atoms with van der Waals surface area (Å²) in [4.78, 5) is 31.9. The van der Waals surface area contributed by atoms with Gasteiger partial charge in [-0.25, -0.2) is 0 Å². The van der Waals surface area contributed by atoms with E-state index in [1.165, 1.54) is 36.1 Å². The van der Waals surface area contributed by atoms with Crippen LogP contribution in [0.5, 0.6) is 0 Å². The molecule has 0 N–H and O–H groups in total. The molecule has 1 aromatic carbocycles. The summed E-state index contributed by atoms with van der Waals surface area (Å²) in [6.07, 6.45) is 8.17. The van der Waals surface area contributed by atoms with E-state index in [0.717, 1.165) is 24.8 Å². The second kappa shape index (κ2) is 11.8. The minimum atomic E-state index is -0.0804. The summed E-state index contributed by atoms with van der Waals surface area (Å²) in [5.41, 5.74) is 2.35. The first kappa shape index (κ1) is 24.0. The number of thiophene rings is 1. The Hall–Kier alpha value is -2.18. The van der Waals surface area contributed by atoms with Gasteiger partial charge < -0.3 is 14.5 Å². The van der Waals surface area contributed by atoms with Crippen LogP contribution in [0.1, 0.15) is 67.0 Å². The fraction of sp³-hybridized carbons (Fsp3) is 0.556. The monoisotopic (exact) mass is 468 g/mol. The van der Waals surface area contributed by atoms with Gasteiger partial charge in [0, 0.05) is 38.1 Å². The molecule has 5 nitrogen and oxygen atoms in total. The third-order valence-electron chi connectivity index (χ3n) is 7.10. The maximum atomic E-state index is 13.6. The van der Waals surface area contributed by atoms with E-state index in [0.29, 0.717) is 32.0 Å². The van der Waals surface area contributed by atoms with E-state index in [2.05, 4.69) is 23.6 Å². The topological polar surface area (TPSA) is 49.9 Å². The summed E-state index contributed by atoms with van der Waals surface area (Å²) in [7, 11) is 1.67. The van der Waals surface area contributed by atoms with Gasteiger partial charge in [0.2, 0.25) is 11.8 Å². The Kier molecular flexibility index (Phi) is 8.57. The minimum Gasteiger partial charge on any atom is -0.385 e. The fourth-order valence-electron chi connectivity index (χ4n) is 5.31. The van der Waals surface area contributed by atoms with Crippen LogP contribution in [0.2, 0.25) is 0 Å². The first-order chi connectivity index (χ1) is 16.2. The lowest BCUT2D eigenvalue weighted by Gasteiger charge is -2.37. The Morgan fingerprint density at radius 3 is 2.70 bits per heavy atom. The highest BCUT2D eigenvalue weighted by Crippen LogP contribution is 2.37. The number of carbonyl (C=O) groups is 2. The second-order valence-corrected chi connectivity index (χ2v) is 10.3. The van der Waals surface area contributed by atoms with Crippen LogP contribution < -0.4 is 0 Å². The average Bonchev–Trinajstić information content (AvgIpc) is 3.54. The third-order valence-corrected chi connectivity index (χ3v) is 8.09. The molecule has 0 bridgehead atoms. The van der Waals surface area contributed by atoms with E-state index < -0.39 is 0 Å². The van der Waals surface area contributed by atoms with Crippen molar-refractivity contribution in [2.45, 2.75) is 57.4 Å². The average molecular weight is 469 g/mol. The standard InChI is InChI=1S/C27H36N2O3S/c1-32-18-7-16-28(25(30)13-12-21-8-5-6-9-21)20-26(31)29-17-14-24-23(15-19-33-24)27(29)22-10-3-2-4-11-22/h2-4,10-11,15,19,21,27H,5-9,12-14,16-18,20H2,1H3. The number of rotatable bonds is 10. The maximum Gasteiger partial charge on any atom is 0.242 e. The molecule has 6 heteroatoms. The Morgan fingerprint density at radius 1 is 1.15 bits per heavy atom. The molecular formula is C27H36N2O3S. The van der Waals surface area contributed by atoms with Crippen molar-refractivity contribution >= 4 is 23.2 Å². The van der Waals surface area contributed by atoms with Gasteiger partial charge in [0.05, 0.1) is 12.6 Å². The van der Waals surface area contributed by atoms with Gasteiger partial charge in [0.25, 0.3) is 0 Å². The molecule has 2 amide bonds. The second-order valence-electron chi connectivity index (χ2n) is 9.30. The number of nitrogens with zero attached hydrogens (tertiary/aromatic N) is 2. The van der Waals surface area contributed by atoms with Crippen molar-refractivity contribution in [2.75, 3.05) is 33.4 Å². The molecule has 1 unspecified atom stereocenters. The molecule has 1 fully saturated rings.